The van der Waals surface area contributed by atoms with Gasteiger partial charge in [-0.25, -0.2) is 0 Å². The molecule has 0 spiro atoms. The van der Waals surface area contributed by atoms with Crippen LogP contribution in [0.25, 0.3) is 6.08 Å². The van der Waals surface area contributed by atoms with E-state index in [1.807, 2.05) is 0 Å². The van der Waals surface area contributed by atoms with Crippen molar-refractivity contribution in [2.45, 2.75) is 0 Å². The SMILES string of the molecule is Cn1cc(C=CC(=O)Cl)cn1. The molecule has 0 N–H and O–H groups in total. The number of carbonyl (C=O) groups is 1. The average molecular weight is 171 g/mol. The molecule has 0 atom stereocenters. The van der Waals surface area contributed by atoms with Gasteiger partial charge >= 0.3 is 0 Å². The van der Waals surface area contributed by atoms with E-state index >= 15 is 0 Å². The van der Waals surface area contributed by atoms with Crippen LogP contribution in [0.5, 0.6) is 0 Å². The number of allylic oxidation sites excluding steroid dienone is 1. The second-order valence-corrected chi connectivity index (χ2v) is 2.46. The van der Waals surface area contributed by atoms with Gasteiger partial charge in [0.25, 0.3) is 0 Å². The van der Waals surface area contributed by atoms with Gasteiger partial charge in [-0.1, -0.05) is 0 Å². The molecule has 1 heterocycles. The van der Waals surface area contributed by atoms with Crippen LogP contribution in [-0.4, -0.2) is 15.0 Å². The van der Waals surface area contributed by atoms with Crippen molar-refractivity contribution in [3.63, 3.8) is 0 Å². The molecular weight excluding hydrogens is 164 g/mol. The highest BCUT2D eigenvalue weighted by atomic mass is 35.5. The third-order valence-corrected chi connectivity index (χ3v) is 1.26. The molecule has 0 aliphatic rings. The Morgan fingerprint density at radius 1 is 1.82 bits per heavy atom. The van der Waals surface area contributed by atoms with E-state index in [4.69, 9.17) is 11.6 Å². The molecule has 0 fully saturated rings. The number of aromatic nitrogens is 2. The van der Waals surface area contributed by atoms with Crippen LogP contribution in [-0.2, 0) is 11.8 Å². The molecule has 0 aliphatic heterocycles. The summed E-state index contributed by atoms with van der Waals surface area (Å²) in [6, 6.07) is 0. The Hall–Kier alpha value is -1.09. The molecule has 0 unspecified atom stereocenters. The number of carbonyl (C=O) groups excluding carboxylic acids is 1. The highest BCUT2D eigenvalue weighted by molar-refractivity contribution is 6.66. The summed E-state index contributed by atoms with van der Waals surface area (Å²) in [6.07, 6.45) is 6.34. The number of hydrogen-bond donors (Lipinski definition) is 0. The predicted molar refractivity (Wildman–Crippen MR) is 43.1 cm³/mol. The number of aryl methyl sites for hydroxylation is 1. The van der Waals surface area contributed by atoms with E-state index in [0.29, 0.717) is 0 Å². The van der Waals surface area contributed by atoms with E-state index in [9.17, 15) is 4.79 Å². The summed E-state index contributed by atoms with van der Waals surface area (Å²) >= 11 is 5.08. The molecule has 1 aromatic rings. The molecule has 1 aromatic heterocycles. The minimum absolute atomic E-state index is 0.478. The molecule has 0 aliphatic carbocycles. The fourth-order valence-electron chi connectivity index (χ4n) is 0.688. The Balaban J connectivity index is 2.71. The van der Waals surface area contributed by atoms with E-state index < -0.39 is 5.24 Å². The highest BCUT2D eigenvalue weighted by Crippen LogP contribution is 1.99. The van der Waals surface area contributed by atoms with Gasteiger partial charge in [-0.15, -0.1) is 0 Å². The zero-order valence-corrected chi connectivity index (χ0v) is 6.75. The molecule has 3 nitrogen and oxygen atoms in total. The first-order valence-electron chi connectivity index (χ1n) is 3.04. The van der Waals surface area contributed by atoms with Crippen molar-refractivity contribution >= 4 is 22.9 Å². The van der Waals surface area contributed by atoms with Crippen molar-refractivity contribution in [1.29, 1.82) is 0 Å². The largest absolute Gasteiger partial charge is 0.276 e. The fraction of sp³-hybridized carbons (Fsp3) is 0.143. The molecule has 1 rings (SSSR count). The first-order chi connectivity index (χ1) is 5.18. The van der Waals surface area contributed by atoms with Gasteiger partial charge in [-0.2, -0.15) is 5.10 Å². The lowest BCUT2D eigenvalue weighted by Gasteiger charge is -1.80. The summed E-state index contributed by atoms with van der Waals surface area (Å²) in [5.74, 6) is 0. The van der Waals surface area contributed by atoms with E-state index in [2.05, 4.69) is 5.10 Å². The van der Waals surface area contributed by atoms with E-state index in [0.717, 1.165) is 5.56 Å². The Morgan fingerprint density at radius 2 is 2.55 bits per heavy atom. The van der Waals surface area contributed by atoms with Crippen LogP contribution in [0.3, 0.4) is 0 Å². The lowest BCUT2D eigenvalue weighted by atomic mass is 10.3. The lowest BCUT2D eigenvalue weighted by Crippen LogP contribution is -1.83. The summed E-state index contributed by atoms with van der Waals surface area (Å²) in [6.45, 7) is 0. The average Bonchev–Trinajstić information content (AvgIpc) is 2.31. The number of hydrogen-bond acceptors (Lipinski definition) is 2. The van der Waals surface area contributed by atoms with Gasteiger partial charge in [-0.3, -0.25) is 9.48 Å². The van der Waals surface area contributed by atoms with Gasteiger partial charge in [0.1, 0.15) is 0 Å². The molecule has 0 saturated carbocycles. The van der Waals surface area contributed by atoms with Crippen molar-refractivity contribution in [2.75, 3.05) is 0 Å². The highest BCUT2D eigenvalue weighted by Gasteiger charge is 1.90. The van der Waals surface area contributed by atoms with Crippen LogP contribution >= 0.6 is 11.6 Å². The Labute approximate surface area is 69.3 Å². The zero-order chi connectivity index (χ0) is 8.27. The Bertz CT molecular complexity index is 290. The maximum absolute atomic E-state index is 10.3. The van der Waals surface area contributed by atoms with Gasteiger partial charge in [0.05, 0.1) is 6.20 Å². The minimum atomic E-state index is -0.478. The lowest BCUT2D eigenvalue weighted by molar-refractivity contribution is -0.107. The molecule has 11 heavy (non-hydrogen) atoms. The van der Waals surface area contributed by atoms with Crippen LogP contribution in [0.4, 0.5) is 0 Å². The second-order valence-electron chi connectivity index (χ2n) is 2.08. The smallest absolute Gasteiger partial charge is 0.245 e. The molecule has 0 radical (unpaired) electrons. The summed E-state index contributed by atoms with van der Waals surface area (Å²) in [5.41, 5.74) is 0.863. The van der Waals surface area contributed by atoms with Crippen molar-refractivity contribution in [3.05, 3.63) is 24.0 Å². The normalized spacial score (nSPS) is 10.7. The summed E-state index contributed by atoms with van der Waals surface area (Å²) in [7, 11) is 1.81. The van der Waals surface area contributed by atoms with Crippen LogP contribution < -0.4 is 0 Å². The minimum Gasteiger partial charge on any atom is -0.276 e. The number of nitrogens with zero attached hydrogens (tertiary/aromatic N) is 2. The standard InChI is InChI=1S/C7H7ClN2O/c1-10-5-6(4-9-10)2-3-7(8)11/h2-5H,1H3. The fourth-order valence-corrected chi connectivity index (χ4v) is 0.751. The van der Waals surface area contributed by atoms with Crippen molar-refractivity contribution in [3.8, 4) is 0 Å². The van der Waals surface area contributed by atoms with Gasteiger partial charge in [0.15, 0.2) is 0 Å². The first-order valence-corrected chi connectivity index (χ1v) is 3.42. The third-order valence-electron chi connectivity index (χ3n) is 1.13. The van der Waals surface area contributed by atoms with Gasteiger partial charge in [0, 0.05) is 18.8 Å². The molecule has 0 saturated heterocycles. The molecule has 58 valence electrons. The molecule has 0 bridgehead atoms. The molecule has 4 heteroatoms. The molecule has 0 aromatic carbocycles. The van der Waals surface area contributed by atoms with Crippen LogP contribution in [0.2, 0.25) is 0 Å². The zero-order valence-electron chi connectivity index (χ0n) is 5.99. The summed E-state index contributed by atoms with van der Waals surface area (Å²) in [4.78, 5) is 10.3. The van der Waals surface area contributed by atoms with Crippen LogP contribution in [0.15, 0.2) is 18.5 Å². The second kappa shape index (κ2) is 3.34. The number of rotatable bonds is 2. The van der Waals surface area contributed by atoms with Crippen molar-refractivity contribution < 1.29 is 4.79 Å². The maximum Gasteiger partial charge on any atom is 0.245 e. The van der Waals surface area contributed by atoms with Gasteiger partial charge in [-0.05, 0) is 23.8 Å². The molecule has 0 amide bonds. The monoisotopic (exact) mass is 170 g/mol. The van der Waals surface area contributed by atoms with Crippen LogP contribution in [0, 0.1) is 0 Å². The predicted octanol–water partition coefficient (Wildman–Crippen LogP) is 1.20. The topological polar surface area (TPSA) is 34.9 Å². The van der Waals surface area contributed by atoms with Gasteiger partial charge < -0.3 is 0 Å². The van der Waals surface area contributed by atoms with Crippen molar-refractivity contribution in [2.24, 2.45) is 7.05 Å². The Morgan fingerprint density at radius 3 is 3.00 bits per heavy atom. The van der Waals surface area contributed by atoms with Gasteiger partial charge in [0.2, 0.25) is 5.24 Å². The molecular formula is C7H7ClN2O. The first kappa shape index (κ1) is 8.01. The Kier molecular flexibility index (Phi) is 2.44. The summed E-state index contributed by atoms with van der Waals surface area (Å²) in [5, 5.41) is 3.43. The third kappa shape index (κ3) is 2.55. The van der Waals surface area contributed by atoms with Crippen molar-refractivity contribution in [1.82, 2.24) is 9.78 Å². The number of halogens is 1. The van der Waals surface area contributed by atoms with E-state index in [1.54, 1.807) is 30.2 Å². The maximum atomic E-state index is 10.3. The van der Waals surface area contributed by atoms with E-state index in [1.165, 1.54) is 6.08 Å². The quantitative estimate of drug-likeness (QED) is 0.494. The van der Waals surface area contributed by atoms with E-state index in [-0.39, 0.29) is 0 Å². The van der Waals surface area contributed by atoms with Crippen LogP contribution in [0.1, 0.15) is 5.56 Å². The summed E-state index contributed by atoms with van der Waals surface area (Å²) < 4.78 is 1.65.